The van der Waals surface area contributed by atoms with Crippen LogP contribution in [-0.4, -0.2) is 19.7 Å². The summed E-state index contributed by atoms with van der Waals surface area (Å²) in [4.78, 5) is 22.0. The van der Waals surface area contributed by atoms with Gasteiger partial charge in [-0.05, 0) is 25.0 Å². The van der Waals surface area contributed by atoms with Gasteiger partial charge in [0.15, 0.2) is 11.0 Å². The van der Waals surface area contributed by atoms with Gasteiger partial charge in [0.25, 0.3) is 5.56 Å². The van der Waals surface area contributed by atoms with Crippen molar-refractivity contribution in [1.29, 1.82) is 0 Å². The molecule has 130 valence electrons. The topological polar surface area (TPSA) is 73.8 Å². The molecule has 2 aromatic heterocycles. The molecular weight excluding hydrogens is 336 g/mol. The number of thioether (sulfide) groups is 1. The van der Waals surface area contributed by atoms with Crippen LogP contribution in [0.15, 0.2) is 38.7 Å². The van der Waals surface area contributed by atoms with Crippen molar-refractivity contribution in [2.45, 2.75) is 56.0 Å². The maximum atomic E-state index is 12.8. The SMILES string of the molecule is CC(C)(C)c1nc(CSc2nc3ccccc3c(=O)n2C2CC2)no1. The van der Waals surface area contributed by atoms with Gasteiger partial charge >= 0.3 is 0 Å². The third-order valence-electron chi connectivity index (χ3n) is 4.13. The van der Waals surface area contributed by atoms with Crippen LogP contribution < -0.4 is 5.56 Å². The van der Waals surface area contributed by atoms with Gasteiger partial charge in [-0.25, -0.2) is 4.98 Å². The van der Waals surface area contributed by atoms with E-state index < -0.39 is 0 Å². The lowest BCUT2D eigenvalue weighted by Crippen LogP contribution is -2.22. The summed E-state index contributed by atoms with van der Waals surface area (Å²) in [5.41, 5.74) is 0.599. The third-order valence-corrected chi connectivity index (χ3v) is 5.08. The van der Waals surface area contributed by atoms with Gasteiger partial charge in [0.2, 0.25) is 5.89 Å². The summed E-state index contributed by atoms with van der Waals surface area (Å²) in [7, 11) is 0. The van der Waals surface area contributed by atoms with Crippen molar-refractivity contribution < 1.29 is 4.52 Å². The van der Waals surface area contributed by atoms with Crippen molar-refractivity contribution in [2.75, 3.05) is 0 Å². The number of rotatable bonds is 4. The molecule has 0 aliphatic heterocycles. The highest BCUT2D eigenvalue weighted by atomic mass is 32.2. The smallest absolute Gasteiger partial charge is 0.262 e. The van der Waals surface area contributed by atoms with Crippen molar-refractivity contribution in [2.24, 2.45) is 0 Å². The van der Waals surface area contributed by atoms with Gasteiger partial charge in [-0.3, -0.25) is 9.36 Å². The zero-order valence-electron chi connectivity index (χ0n) is 14.5. The van der Waals surface area contributed by atoms with Gasteiger partial charge < -0.3 is 4.52 Å². The number of hydrogen-bond donors (Lipinski definition) is 0. The van der Waals surface area contributed by atoms with E-state index in [4.69, 9.17) is 9.51 Å². The fraction of sp³-hybridized carbons (Fsp3) is 0.444. The Bertz CT molecular complexity index is 983. The van der Waals surface area contributed by atoms with E-state index in [1.54, 1.807) is 0 Å². The van der Waals surface area contributed by atoms with E-state index in [9.17, 15) is 4.79 Å². The van der Waals surface area contributed by atoms with Crippen LogP contribution in [0.5, 0.6) is 0 Å². The second-order valence-corrected chi connectivity index (χ2v) is 8.31. The van der Waals surface area contributed by atoms with Crippen LogP contribution in [0.25, 0.3) is 10.9 Å². The molecule has 1 saturated carbocycles. The number of hydrogen-bond acceptors (Lipinski definition) is 6. The summed E-state index contributed by atoms with van der Waals surface area (Å²) in [5, 5.41) is 5.45. The predicted octanol–water partition coefficient (Wildman–Crippen LogP) is 3.70. The molecule has 0 N–H and O–H groups in total. The van der Waals surface area contributed by atoms with Crippen molar-refractivity contribution in [3.05, 3.63) is 46.3 Å². The Kier molecular flexibility index (Phi) is 3.91. The molecule has 25 heavy (non-hydrogen) atoms. The van der Waals surface area contributed by atoms with Gasteiger partial charge in [0.05, 0.1) is 16.7 Å². The molecule has 7 heteroatoms. The molecule has 0 saturated heterocycles. The van der Waals surface area contributed by atoms with Crippen molar-refractivity contribution in [3.63, 3.8) is 0 Å². The summed E-state index contributed by atoms with van der Waals surface area (Å²) < 4.78 is 7.17. The minimum Gasteiger partial charge on any atom is -0.339 e. The summed E-state index contributed by atoms with van der Waals surface area (Å²) in [5.74, 6) is 1.77. The monoisotopic (exact) mass is 356 g/mol. The summed E-state index contributed by atoms with van der Waals surface area (Å²) in [6.45, 7) is 6.10. The lowest BCUT2D eigenvalue weighted by Gasteiger charge is -2.11. The lowest BCUT2D eigenvalue weighted by atomic mass is 9.97. The Morgan fingerprint density at radius 3 is 2.68 bits per heavy atom. The summed E-state index contributed by atoms with van der Waals surface area (Å²) in [6.07, 6.45) is 2.06. The molecule has 1 fully saturated rings. The Hall–Kier alpha value is -2.15. The maximum Gasteiger partial charge on any atom is 0.262 e. The molecule has 0 unspecified atom stereocenters. The zero-order chi connectivity index (χ0) is 17.6. The van der Waals surface area contributed by atoms with E-state index in [1.807, 2.05) is 49.6 Å². The normalized spacial score (nSPS) is 15.0. The summed E-state index contributed by atoms with van der Waals surface area (Å²) in [6, 6.07) is 7.77. The first kappa shape index (κ1) is 16.3. The number of nitrogens with zero attached hydrogens (tertiary/aromatic N) is 4. The van der Waals surface area contributed by atoms with Crippen molar-refractivity contribution in [3.8, 4) is 0 Å². The van der Waals surface area contributed by atoms with Crippen molar-refractivity contribution in [1.82, 2.24) is 19.7 Å². The van der Waals surface area contributed by atoms with E-state index in [0.29, 0.717) is 22.9 Å². The van der Waals surface area contributed by atoms with E-state index in [-0.39, 0.29) is 17.0 Å². The second kappa shape index (κ2) is 5.98. The van der Waals surface area contributed by atoms with Crippen LogP contribution >= 0.6 is 11.8 Å². The standard InChI is InChI=1S/C18H20N4O2S/c1-18(2,3)16-20-14(21-24-16)10-25-17-19-13-7-5-4-6-12(13)15(23)22(17)11-8-9-11/h4-7,11H,8-10H2,1-3H3. The molecule has 1 aliphatic carbocycles. The molecular formula is C18H20N4O2S. The van der Waals surface area contributed by atoms with Crippen LogP contribution in [0.1, 0.15) is 51.4 Å². The third kappa shape index (κ3) is 3.20. The van der Waals surface area contributed by atoms with Crippen LogP contribution in [0, 0.1) is 0 Å². The molecule has 3 aromatic rings. The minimum absolute atomic E-state index is 0.0408. The molecule has 2 heterocycles. The van der Waals surface area contributed by atoms with E-state index in [2.05, 4.69) is 10.1 Å². The molecule has 4 rings (SSSR count). The molecule has 1 aromatic carbocycles. The highest BCUT2D eigenvalue weighted by molar-refractivity contribution is 7.98. The highest BCUT2D eigenvalue weighted by Crippen LogP contribution is 2.37. The molecule has 6 nitrogen and oxygen atoms in total. The predicted molar refractivity (Wildman–Crippen MR) is 96.8 cm³/mol. The fourth-order valence-corrected chi connectivity index (χ4v) is 3.54. The quantitative estimate of drug-likeness (QED) is 0.524. The van der Waals surface area contributed by atoms with E-state index in [1.165, 1.54) is 11.8 Å². The van der Waals surface area contributed by atoms with Gasteiger partial charge in [0.1, 0.15) is 0 Å². The second-order valence-electron chi connectivity index (χ2n) is 7.37. The van der Waals surface area contributed by atoms with Gasteiger partial charge in [-0.15, -0.1) is 0 Å². The van der Waals surface area contributed by atoms with Crippen molar-refractivity contribution >= 4 is 22.7 Å². The highest BCUT2D eigenvalue weighted by Gasteiger charge is 2.29. The summed E-state index contributed by atoms with van der Waals surface area (Å²) >= 11 is 1.49. The van der Waals surface area contributed by atoms with Crippen LogP contribution in [0.2, 0.25) is 0 Å². The molecule has 0 bridgehead atoms. The van der Waals surface area contributed by atoms with Crippen LogP contribution in [0.4, 0.5) is 0 Å². The Balaban J connectivity index is 1.66. The Labute approximate surface area is 149 Å². The average molecular weight is 356 g/mol. The van der Waals surface area contributed by atoms with Gasteiger partial charge in [0, 0.05) is 11.5 Å². The zero-order valence-corrected chi connectivity index (χ0v) is 15.3. The largest absolute Gasteiger partial charge is 0.339 e. The fourth-order valence-electron chi connectivity index (χ4n) is 2.63. The Morgan fingerprint density at radius 1 is 1.24 bits per heavy atom. The molecule has 0 spiro atoms. The van der Waals surface area contributed by atoms with Gasteiger partial charge in [-0.2, -0.15) is 4.98 Å². The molecule has 1 aliphatic rings. The molecule has 0 atom stereocenters. The van der Waals surface area contributed by atoms with E-state index >= 15 is 0 Å². The number of fused-ring (bicyclic) bond motifs is 1. The minimum atomic E-state index is -0.173. The number of para-hydroxylation sites is 1. The first-order valence-corrected chi connectivity index (χ1v) is 9.39. The van der Waals surface area contributed by atoms with Gasteiger partial charge in [-0.1, -0.05) is 49.8 Å². The number of benzene rings is 1. The average Bonchev–Trinajstić information content (AvgIpc) is 3.28. The van der Waals surface area contributed by atoms with Crippen LogP contribution in [-0.2, 0) is 11.2 Å². The van der Waals surface area contributed by atoms with E-state index in [0.717, 1.165) is 23.5 Å². The van der Waals surface area contributed by atoms with Crippen LogP contribution in [0.3, 0.4) is 0 Å². The lowest BCUT2D eigenvalue weighted by molar-refractivity contribution is 0.319. The number of aromatic nitrogens is 4. The maximum absolute atomic E-state index is 12.8. The Morgan fingerprint density at radius 2 is 2.00 bits per heavy atom. The molecule has 0 radical (unpaired) electrons. The first-order chi connectivity index (χ1) is 11.9. The first-order valence-electron chi connectivity index (χ1n) is 8.40. The molecule has 0 amide bonds.